The summed E-state index contributed by atoms with van der Waals surface area (Å²) in [5.74, 6) is 0.552. The quantitative estimate of drug-likeness (QED) is 0.415. The maximum absolute atomic E-state index is 12.6. The van der Waals surface area contributed by atoms with Gasteiger partial charge in [-0.3, -0.25) is 9.59 Å². The molecule has 0 aliphatic heterocycles. The topological polar surface area (TPSA) is 124 Å². The van der Waals surface area contributed by atoms with Crippen molar-refractivity contribution in [3.05, 3.63) is 17.7 Å². The third kappa shape index (κ3) is 9.76. The zero-order valence-corrected chi connectivity index (χ0v) is 19.8. The minimum absolute atomic E-state index is 0.189. The number of hydrogen-bond donors (Lipinski definition) is 3. The molecule has 180 valence electrons. The lowest BCUT2D eigenvalue weighted by atomic mass is 10.1. The van der Waals surface area contributed by atoms with E-state index in [4.69, 9.17) is 18.9 Å². The van der Waals surface area contributed by atoms with Crippen LogP contribution >= 0.6 is 0 Å². The van der Waals surface area contributed by atoms with E-state index >= 15 is 0 Å². The van der Waals surface area contributed by atoms with Crippen LogP contribution in [0, 0.1) is 0 Å². The van der Waals surface area contributed by atoms with Crippen LogP contribution in [0.4, 0.5) is 4.79 Å². The van der Waals surface area contributed by atoms with Gasteiger partial charge in [-0.2, -0.15) is 0 Å². The number of hydrogen-bond acceptors (Lipinski definition) is 7. The molecule has 0 aromatic heterocycles. The van der Waals surface area contributed by atoms with E-state index in [2.05, 4.69) is 16.0 Å². The summed E-state index contributed by atoms with van der Waals surface area (Å²) in [6, 6.07) is 3.19. The van der Waals surface area contributed by atoms with E-state index in [-0.39, 0.29) is 25.5 Å². The fraction of sp³-hybridized carbons (Fsp3) is 0.591. The van der Waals surface area contributed by atoms with Crippen LogP contribution in [-0.2, 0) is 9.53 Å². The van der Waals surface area contributed by atoms with Crippen molar-refractivity contribution in [1.82, 2.24) is 16.0 Å². The zero-order valence-electron chi connectivity index (χ0n) is 19.8. The van der Waals surface area contributed by atoms with Crippen LogP contribution < -0.4 is 30.2 Å². The van der Waals surface area contributed by atoms with Gasteiger partial charge in [0.15, 0.2) is 11.5 Å². The minimum atomic E-state index is -0.674. The Morgan fingerprint density at radius 3 is 1.84 bits per heavy atom. The van der Waals surface area contributed by atoms with Crippen molar-refractivity contribution < 1.29 is 33.3 Å². The molecule has 3 N–H and O–H groups in total. The molecule has 10 nitrogen and oxygen atoms in total. The van der Waals surface area contributed by atoms with Crippen molar-refractivity contribution in [1.29, 1.82) is 0 Å². The highest BCUT2D eigenvalue weighted by Gasteiger charge is 2.19. The summed E-state index contributed by atoms with van der Waals surface area (Å²) < 4.78 is 21.9. The second-order valence-electron chi connectivity index (χ2n) is 7.56. The largest absolute Gasteiger partial charge is 0.490 e. The standard InChI is InChI=1S/C22H35N3O7/c1-7-29-16-12-15(13-17(30-8-2)19(16)31-9-3)20(27)24-11-10-23-18(26)14-25-21(28)32-22(4,5)6/h12-13H,7-11,14H2,1-6H3,(H,23,26)(H,24,27)(H,25,28). The van der Waals surface area contributed by atoms with E-state index in [0.29, 0.717) is 42.6 Å². The van der Waals surface area contributed by atoms with E-state index in [1.165, 1.54) is 0 Å². The third-order valence-corrected chi connectivity index (χ3v) is 3.70. The Labute approximate surface area is 189 Å². The Balaban J connectivity index is 2.60. The Bertz CT molecular complexity index is 748. The molecule has 32 heavy (non-hydrogen) atoms. The lowest BCUT2D eigenvalue weighted by molar-refractivity contribution is -0.120. The van der Waals surface area contributed by atoms with E-state index in [0.717, 1.165) is 0 Å². The van der Waals surface area contributed by atoms with Crippen LogP contribution in [-0.4, -0.2) is 63.0 Å². The maximum Gasteiger partial charge on any atom is 0.408 e. The molecule has 0 atom stereocenters. The molecule has 0 spiro atoms. The number of nitrogens with one attached hydrogen (secondary N) is 3. The second kappa shape index (κ2) is 13.3. The number of carbonyl (C=O) groups excluding carboxylic acids is 3. The van der Waals surface area contributed by atoms with Crippen LogP contribution in [0.3, 0.4) is 0 Å². The molecule has 1 rings (SSSR count). The van der Waals surface area contributed by atoms with Crippen molar-refractivity contribution in [2.45, 2.75) is 47.1 Å². The van der Waals surface area contributed by atoms with Gasteiger partial charge in [-0.05, 0) is 53.7 Å². The van der Waals surface area contributed by atoms with Gasteiger partial charge in [0.25, 0.3) is 5.91 Å². The highest BCUT2D eigenvalue weighted by Crippen LogP contribution is 2.39. The molecule has 0 heterocycles. The molecule has 0 aliphatic rings. The fourth-order valence-corrected chi connectivity index (χ4v) is 2.53. The van der Waals surface area contributed by atoms with Gasteiger partial charge < -0.3 is 34.9 Å². The number of alkyl carbamates (subject to hydrolysis) is 1. The number of carbonyl (C=O) groups is 3. The summed E-state index contributed by atoms with van der Waals surface area (Å²) in [6.07, 6.45) is -0.674. The number of rotatable bonds is 12. The van der Waals surface area contributed by atoms with E-state index < -0.39 is 17.6 Å². The summed E-state index contributed by atoms with van der Waals surface area (Å²) in [5.41, 5.74) is -0.297. The first-order valence-corrected chi connectivity index (χ1v) is 10.7. The molecule has 1 aromatic rings. The molecule has 0 aliphatic carbocycles. The number of benzene rings is 1. The van der Waals surface area contributed by atoms with Crippen LogP contribution in [0.5, 0.6) is 17.2 Å². The van der Waals surface area contributed by atoms with Crippen molar-refractivity contribution in [3.8, 4) is 17.2 Å². The number of amides is 3. The monoisotopic (exact) mass is 453 g/mol. The molecule has 0 fully saturated rings. The highest BCUT2D eigenvalue weighted by atomic mass is 16.6. The minimum Gasteiger partial charge on any atom is -0.490 e. The molecule has 0 bridgehead atoms. The van der Waals surface area contributed by atoms with Crippen molar-refractivity contribution in [2.24, 2.45) is 0 Å². The summed E-state index contributed by atoms with van der Waals surface area (Å²) in [5, 5.41) is 7.69. The first-order chi connectivity index (χ1) is 15.1. The van der Waals surface area contributed by atoms with Gasteiger partial charge in [0.1, 0.15) is 5.60 Å². The molecule has 0 saturated carbocycles. The normalized spacial score (nSPS) is 10.7. The van der Waals surface area contributed by atoms with Gasteiger partial charge >= 0.3 is 6.09 Å². The molecule has 0 unspecified atom stereocenters. The van der Waals surface area contributed by atoms with Crippen LogP contribution in [0.2, 0.25) is 0 Å². The summed E-state index contributed by atoms with van der Waals surface area (Å²) >= 11 is 0. The summed E-state index contributed by atoms with van der Waals surface area (Å²) in [6.45, 7) is 12.1. The highest BCUT2D eigenvalue weighted by molar-refractivity contribution is 5.95. The van der Waals surface area contributed by atoms with Crippen molar-refractivity contribution >= 4 is 17.9 Å². The molecular weight excluding hydrogens is 418 g/mol. The molecule has 0 radical (unpaired) electrons. The molecule has 0 saturated heterocycles. The Morgan fingerprint density at radius 2 is 1.34 bits per heavy atom. The van der Waals surface area contributed by atoms with Gasteiger partial charge in [0.2, 0.25) is 11.7 Å². The van der Waals surface area contributed by atoms with Gasteiger partial charge in [-0.15, -0.1) is 0 Å². The number of ether oxygens (including phenoxy) is 4. The Morgan fingerprint density at radius 1 is 0.812 bits per heavy atom. The fourth-order valence-electron chi connectivity index (χ4n) is 2.53. The van der Waals surface area contributed by atoms with Gasteiger partial charge in [0, 0.05) is 18.7 Å². The average Bonchev–Trinajstić information content (AvgIpc) is 2.70. The summed E-state index contributed by atoms with van der Waals surface area (Å²) in [7, 11) is 0. The van der Waals surface area contributed by atoms with Crippen LogP contribution in [0.1, 0.15) is 51.9 Å². The van der Waals surface area contributed by atoms with Gasteiger partial charge in [-0.25, -0.2) is 4.79 Å². The van der Waals surface area contributed by atoms with Crippen molar-refractivity contribution in [3.63, 3.8) is 0 Å². The lowest BCUT2D eigenvalue weighted by Crippen LogP contribution is -2.42. The predicted molar refractivity (Wildman–Crippen MR) is 120 cm³/mol. The third-order valence-electron chi connectivity index (χ3n) is 3.70. The maximum atomic E-state index is 12.6. The molecule has 1 aromatic carbocycles. The van der Waals surface area contributed by atoms with Crippen LogP contribution in [0.15, 0.2) is 12.1 Å². The first kappa shape index (κ1) is 26.9. The second-order valence-corrected chi connectivity index (χ2v) is 7.56. The summed E-state index contributed by atoms with van der Waals surface area (Å²) in [4.78, 5) is 35.9. The van der Waals surface area contributed by atoms with Crippen molar-refractivity contribution in [2.75, 3.05) is 39.5 Å². The average molecular weight is 454 g/mol. The molecule has 3 amide bonds. The SMILES string of the molecule is CCOc1cc(C(=O)NCCNC(=O)CNC(=O)OC(C)(C)C)cc(OCC)c1OCC. The predicted octanol–water partition coefficient (Wildman–Crippen LogP) is 2.25. The molecular formula is C22H35N3O7. The van der Waals surface area contributed by atoms with E-state index in [1.807, 2.05) is 20.8 Å². The zero-order chi connectivity index (χ0) is 24.1. The van der Waals surface area contributed by atoms with E-state index in [1.54, 1.807) is 32.9 Å². The Kier molecular flexibility index (Phi) is 11.2. The van der Waals surface area contributed by atoms with Gasteiger partial charge in [0.05, 0.1) is 26.4 Å². The first-order valence-electron chi connectivity index (χ1n) is 10.7. The van der Waals surface area contributed by atoms with E-state index in [9.17, 15) is 14.4 Å². The Hall–Kier alpha value is -3.17. The van der Waals surface area contributed by atoms with Gasteiger partial charge in [-0.1, -0.05) is 0 Å². The smallest absolute Gasteiger partial charge is 0.408 e. The molecule has 10 heteroatoms. The lowest BCUT2D eigenvalue weighted by Gasteiger charge is -2.19. The van der Waals surface area contributed by atoms with Crippen LogP contribution in [0.25, 0.3) is 0 Å².